The van der Waals surface area contributed by atoms with Crippen LogP contribution in [0.15, 0.2) is 41.8 Å². The third-order valence-corrected chi connectivity index (χ3v) is 2.71. The minimum absolute atomic E-state index is 0.841. The Morgan fingerprint density at radius 1 is 1.13 bits per heavy atom. The third kappa shape index (κ3) is 2.61. The Hall–Kier alpha value is -1.72. The topological polar surface area (TPSA) is 9.23 Å². The first-order chi connectivity index (χ1) is 7.38. The number of rotatable bonds is 1. The minimum Gasteiger partial charge on any atom is -0.497 e. The fourth-order valence-corrected chi connectivity index (χ4v) is 1.76. The Labute approximate surface area is 93.3 Å². The van der Waals surface area contributed by atoms with Crippen molar-refractivity contribution in [1.82, 2.24) is 0 Å². The summed E-state index contributed by atoms with van der Waals surface area (Å²) in [5.74, 6) is 7.05. The molecule has 0 spiro atoms. The van der Waals surface area contributed by atoms with Gasteiger partial charge in [-0.25, -0.2) is 0 Å². The zero-order valence-corrected chi connectivity index (χ0v) is 9.17. The molecule has 0 saturated carbocycles. The van der Waals surface area contributed by atoms with Gasteiger partial charge in [0.25, 0.3) is 0 Å². The molecule has 0 amide bonds. The Kier molecular flexibility index (Phi) is 3.06. The van der Waals surface area contributed by atoms with Gasteiger partial charge in [-0.2, -0.15) is 0 Å². The maximum absolute atomic E-state index is 5.13. The van der Waals surface area contributed by atoms with Crippen LogP contribution in [0.25, 0.3) is 0 Å². The second-order valence-corrected chi connectivity index (χ2v) is 3.91. The third-order valence-electron chi connectivity index (χ3n) is 1.92. The van der Waals surface area contributed by atoms with Gasteiger partial charge in [-0.1, -0.05) is 24.0 Å². The van der Waals surface area contributed by atoms with E-state index in [1.165, 1.54) is 0 Å². The van der Waals surface area contributed by atoms with Crippen molar-refractivity contribution < 1.29 is 4.74 Å². The molecule has 0 aliphatic rings. The molecule has 0 bridgehead atoms. The molecule has 1 nitrogen and oxygen atoms in total. The van der Waals surface area contributed by atoms with Crippen LogP contribution in [-0.2, 0) is 0 Å². The molecule has 0 aliphatic carbocycles. The number of methoxy groups -OCH3 is 1. The van der Waals surface area contributed by atoms with Gasteiger partial charge in [0, 0.05) is 5.56 Å². The molecule has 1 aromatic carbocycles. The molecule has 0 atom stereocenters. The van der Waals surface area contributed by atoms with Crippen LogP contribution in [0.5, 0.6) is 5.75 Å². The van der Waals surface area contributed by atoms with Crippen LogP contribution >= 0.6 is 11.3 Å². The van der Waals surface area contributed by atoms with E-state index in [1.807, 2.05) is 41.8 Å². The molecule has 74 valence electrons. The van der Waals surface area contributed by atoms with E-state index in [-0.39, 0.29) is 0 Å². The first-order valence-corrected chi connectivity index (χ1v) is 5.46. The quantitative estimate of drug-likeness (QED) is 0.663. The molecule has 0 N–H and O–H groups in total. The van der Waals surface area contributed by atoms with Gasteiger partial charge < -0.3 is 4.74 Å². The highest BCUT2D eigenvalue weighted by Gasteiger charge is 1.91. The fourth-order valence-electron chi connectivity index (χ4n) is 1.18. The van der Waals surface area contributed by atoms with Crippen molar-refractivity contribution in [3.8, 4) is 17.6 Å². The summed E-state index contributed by atoms with van der Waals surface area (Å²) in [5, 5.41) is 2.02. The second kappa shape index (κ2) is 4.68. The van der Waals surface area contributed by atoms with Crippen molar-refractivity contribution in [3.05, 3.63) is 52.2 Å². The molecular formula is C13H10OS. The molecule has 0 radical (unpaired) electrons. The lowest BCUT2D eigenvalue weighted by atomic mass is 10.2. The van der Waals surface area contributed by atoms with Gasteiger partial charge >= 0.3 is 0 Å². The summed E-state index contributed by atoms with van der Waals surface area (Å²) >= 11 is 1.65. The van der Waals surface area contributed by atoms with Crippen molar-refractivity contribution in [2.75, 3.05) is 7.11 Å². The van der Waals surface area contributed by atoms with Crippen LogP contribution in [0.3, 0.4) is 0 Å². The monoisotopic (exact) mass is 214 g/mol. The summed E-state index contributed by atoms with van der Waals surface area (Å²) in [7, 11) is 1.66. The van der Waals surface area contributed by atoms with E-state index in [1.54, 1.807) is 18.4 Å². The molecule has 0 unspecified atom stereocenters. The molecule has 15 heavy (non-hydrogen) atoms. The number of benzene rings is 1. The number of ether oxygens (including phenoxy) is 1. The predicted octanol–water partition coefficient (Wildman–Crippen LogP) is 3.16. The molecule has 1 heterocycles. The molecule has 0 saturated heterocycles. The van der Waals surface area contributed by atoms with E-state index in [2.05, 4.69) is 11.8 Å². The highest BCUT2D eigenvalue weighted by atomic mass is 32.1. The van der Waals surface area contributed by atoms with E-state index in [0.29, 0.717) is 0 Å². The van der Waals surface area contributed by atoms with E-state index in [4.69, 9.17) is 4.74 Å². The van der Waals surface area contributed by atoms with Gasteiger partial charge in [0.15, 0.2) is 0 Å². The number of thiophene rings is 1. The highest BCUT2D eigenvalue weighted by molar-refractivity contribution is 7.10. The van der Waals surface area contributed by atoms with Crippen LogP contribution in [0.2, 0.25) is 0 Å². The van der Waals surface area contributed by atoms with Gasteiger partial charge in [-0.15, -0.1) is 11.3 Å². The van der Waals surface area contributed by atoms with Gasteiger partial charge in [0.2, 0.25) is 0 Å². The average Bonchev–Trinajstić information content (AvgIpc) is 2.79. The zero-order valence-electron chi connectivity index (χ0n) is 8.36. The van der Waals surface area contributed by atoms with Crippen molar-refractivity contribution in [3.63, 3.8) is 0 Å². The van der Waals surface area contributed by atoms with Crippen LogP contribution in [0.1, 0.15) is 10.4 Å². The van der Waals surface area contributed by atoms with Crippen LogP contribution < -0.4 is 4.74 Å². The normalized spacial score (nSPS) is 9.13. The lowest BCUT2D eigenvalue weighted by molar-refractivity contribution is 0.414. The molecule has 2 heteroatoms. The summed E-state index contributed by atoms with van der Waals surface area (Å²) in [6.45, 7) is 0. The summed E-state index contributed by atoms with van der Waals surface area (Å²) in [4.78, 5) is 1.08. The zero-order chi connectivity index (χ0) is 10.5. The number of hydrogen-bond acceptors (Lipinski definition) is 2. The summed E-state index contributed by atoms with van der Waals surface area (Å²) in [6, 6.07) is 11.8. The Balaban J connectivity index is 2.23. The van der Waals surface area contributed by atoms with Gasteiger partial charge in [0.05, 0.1) is 12.0 Å². The van der Waals surface area contributed by atoms with E-state index < -0.39 is 0 Å². The van der Waals surface area contributed by atoms with Crippen molar-refractivity contribution in [2.45, 2.75) is 0 Å². The smallest absolute Gasteiger partial charge is 0.120 e. The Morgan fingerprint density at radius 3 is 2.80 bits per heavy atom. The molecule has 2 aromatic rings. The van der Waals surface area contributed by atoms with E-state index >= 15 is 0 Å². The maximum atomic E-state index is 5.13. The standard InChI is InChI=1S/C13H10OS/c1-14-12-5-2-4-11(10-12)7-8-13-6-3-9-15-13/h2-6,9-10H,1H3. The summed E-state index contributed by atoms with van der Waals surface area (Å²) < 4.78 is 5.13. The second-order valence-electron chi connectivity index (χ2n) is 2.96. The van der Waals surface area contributed by atoms with E-state index in [9.17, 15) is 0 Å². The summed E-state index contributed by atoms with van der Waals surface area (Å²) in [5.41, 5.74) is 0.975. The maximum Gasteiger partial charge on any atom is 0.120 e. The SMILES string of the molecule is COc1cccc(C#Cc2cccs2)c1. The molecule has 0 fully saturated rings. The molecular weight excluding hydrogens is 204 g/mol. The lowest BCUT2D eigenvalue weighted by Crippen LogP contribution is -1.82. The van der Waals surface area contributed by atoms with E-state index in [0.717, 1.165) is 16.2 Å². The Morgan fingerprint density at radius 2 is 2.07 bits per heavy atom. The Bertz CT molecular complexity index is 489. The fraction of sp³-hybridized carbons (Fsp3) is 0.0769. The predicted molar refractivity (Wildman–Crippen MR) is 63.3 cm³/mol. The lowest BCUT2D eigenvalue weighted by Gasteiger charge is -1.97. The van der Waals surface area contributed by atoms with Crippen molar-refractivity contribution >= 4 is 11.3 Å². The average molecular weight is 214 g/mol. The van der Waals surface area contributed by atoms with Crippen molar-refractivity contribution in [1.29, 1.82) is 0 Å². The van der Waals surface area contributed by atoms with Gasteiger partial charge in [-0.05, 0) is 29.6 Å². The summed E-state index contributed by atoms with van der Waals surface area (Å²) in [6.07, 6.45) is 0. The van der Waals surface area contributed by atoms with Gasteiger partial charge in [-0.3, -0.25) is 0 Å². The molecule has 1 aromatic heterocycles. The number of hydrogen-bond donors (Lipinski definition) is 0. The van der Waals surface area contributed by atoms with Crippen LogP contribution in [-0.4, -0.2) is 7.11 Å². The van der Waals surface area contributed by atoms with Gasteiger partial charge in [0.1, 0.15) is 5.75 Å². The van der Waals surface area contributed by atoms with Crippen molar-refractivity contribution in [2.24, 2.45) is 0 Å². The van der Waals surface area contributed by atoms with Crippen LogP contribution in [0.4, 0.5) is 0 Å². The van der Waals surface area contributed by atoms with Crippen LogP contribution in [0, 0.1) is 11.8 Å². The first-order valence-electron chi connectivity index (χ1n) is 4.58. The molecule has 0 aliphatic heterocycles. The minimum atomic E-state index is 0.841. The molecule has 2 rings (SSSR count). The first kappa shape index (κ1) is 9.82. The highest BCUT2D eigenvalue weighted by Crippen LogP contribution is 2.12. The largest absolute Gasteiger partial charge is 0.497 e.